The van der Waals surface area contributed by atoms with E-state index >= 15 is 0 Å². The van der Waals surface area contributed by atoms with Crippen molar-refractivity contribution in [2.45, 2.75) is 13.5 Å². The van der Waals surface area contributed by atoms with Gasteiger partial charge in [0.05, 0.1) is 11.4 Å². The number of thiophene rings is 1. The monoisotopic (exact) mass is 368 g/mol. The van der Waals surface area contributed by atoms with Gasteiger partial charge in [-0.05, 0) is 28.9 Å². The van der Waals surface area contributed by atoms with E-state index in [0.717, 1.165) is 4.47 Å². The molecule has 21 heavy (non-hydrogen) atoms. The van der Waals surface area contributed by atoms with Gasteiger partial charge in [0.1, 0.15) is 5.76 Å². The van der Waals surface area contributed by atoms with Crippen LogP contribution >= 0.6 is 27.3 Å². The molecule has 0 aliphatic rings. The molecule has 0 aliphatic carbocycles. The van der Waals surface area contributed by atoms with Crippen LogP contribution in [0.1, 0.15) is 21.3 Å². The average Bonchev–Trinajstić information content (AvgIpc) is 3.16. The molecular formula is C12H9BrN4O3S. The lowest BCUT2D eigenvalue weighted by Gasteiger charge is -1.98. The van der Waals surface area contributed by atoms with Crippen molar-refractivity contribution in [2.24, 2.45) is 0 Å². The zero-order valence-electron chi connectivity index (χ0n) is 10.8. The summed E-state index contributed by atoms with van der Waals surface area (Å²) in [4.78, 5) is 16.6. The van der Waals surface area contributed by atoms with Crippen LogP contribution in [0.2, 0.25) is 0 Å². The van der Waals surface area contributed by atoms with Crippen LogP contribution in [0, 0.1) is 6.92 Å². The van der Waals surface area contributed by atoms with Crippen molar-refractivity contribution in [1.82, 2.24) is 20.6 Å². The summed E-state index contributed by atoms with van der Waals surface area (Å²) in [5.74, 6) is 1.10. The second kappa shape index (κ2) is 5.78. The van der Waals surface area contributed by atoms with Crippen LogP contribution in [0.25, 0.3) is 11.5 Å². The SMILES string of the molecule is Cc1cc(-c2noc(CNC(=O)c3cc(Br)cs3)n2)no1. The number of halogens is 1. The minimum absolute atomic E-state index is 0.151. The van der Waals surface area contributed by atoms with Gasteiger partial charge in [0.15, 0.2) is 5.69 Å². The fourth-order valence-corrected chi connectivity index (χ4v) is 2.92. The van der Waals surface area contributed by atoms with E-state index in [0.29, 0.717) is 28.0 Å². The number of hydrogen-bond acceptors (Lipinski definition) is 7. The molecule has 0 saturated carbocycles. The third-order valence-electron chi connectivity index (χ3n) is 2.52. The van der Waals surface area contributed by atoms with Crippen molar-refractivity contribution >= 4 is 33.2 Å². The predicted molar refractivity (Wildman–Crippen MR) is 77.7 cm³/mol. The Morgan fingerprint density at radius 3 is 2.90 bits per heavy atom. The highest BCUT2D eigenvalue weighted by Gasteiger charge is 2.14. The minimum atomic E-state index is -0.192. The summed E-state index contributed by atoms with van der Waals surface area (Å²) in [6.07, 6.45) is 0. The van der Waals surface area contributed by atoms with Crippen molar-refractivity contribution in [3.8, 4) is 11.5 Å². The molecule has 0 spiro atoms. The first kappa shape index (κ1) is 14.0. The first-order valence-corrected chi connectivity index (χ1v) is 7.57. The Balaban J connectivity index is 1.64. The number of carbonyl (C=O) groups is 1. The molecule has 0 bridgehead atoms. The largest absolute Gasteiger partial charge is 0.361 e. The van der Waals surface area contributed by atoms with Crippen molar-refractivity contribution < 1.29 is 13.8 Å². The smallest absolute Gasteiger partial charge is 0.261 e. The van der Waals surface area contributed by atoms with Crippen LogP contribution in [0.4, 0.5) is 0 Å². The summed E-state index contributed by atoms with van der Waals surface area (Å²) in [5.41, 5.74) is 0.496. The number of hydrogen-bond donors (Lipinski definition) is 1. The number of nitrogens with zero attached hydrogens (tertiary/aromatic N) is 3. The van der Waals surface area contributed by atoms with Crippen molar-refractivity contribution in [3.63, 3.8) is 0 Å². The molecule has 1 amide bonds. The summed E-state index contributed by atoms with van der Waals surface area (Å²) < 4.78 is 10.9. The molecule has 0 unspecified atom stereocenters. The molecule has 0 radical (unpaired) electrons. The molecular weight excluding hydrogens is 360 g/mol. The van der Waals surface area contributed by atoms with E-state index in [9.17, 15) is 4.79 Å². The Bertz CT molecular complexity index is 779. The van der Waals surface area contributed by atoms with Gasteiger partial charge in [0.25, 0.3) is 5.91 Å². The van der Waals surface area contributed by atoms with Crippen LogP contribution < -0.4 is 5.32 Å². The van der Waals surface area contributed by atoms with Crippen LogP contribution in [0.15, 0.2) is 31.0 Å². The van der Waals surface area contributed by atoms with Crippen LogP contribution in [0.5, 0.6) is 0 Å². The highest BCUT2D eigenvalue weighted by molar-refractivity contribution is 9.10. The van der Waals surface area contributed by atoms with Crippen molar-refractivity contribution in [2.75, 3.05) is 0 Å². The second-order valence-corrected chi connectivity index (χ2v) is 5.97. The Kier molecular flexibility index (Phi) is 3.84. The standard InChI is InChI=1S/C12H9BrN4O3S/c1-6-2-8(16-19-6)11-15-10(20-17-11)4-14-12(18)9-3-7(13)5-21-9/h2-3,5H,4H2,1H3,(H,14,18). The molecule has 3 heterocycles. The number of aromatic nitrogens is 3. The Morgan fingerprint density at radius 1 is 1.38 bits per heavy atom. The number of carbonyl (C=O) groups excluding carboxylic acids is 1. The van der Waals surface area contributed by atoms with E-state index in [4.69, 9.17) is 9.05 Å². The maximum absolute atomic E-state index is 11.9. The molecule has 7 nitrogen and oxygen atoms in total. The van der Waals surface area contributed by atoms with Crippen molar-refractivity contribution in [3.05, 3.63) is 38.5 Å². The molecule has 9 heteroatoms. The zero-order valence-corrected chi connectivity index (χ0v) is 13.2. The minimum Gasteiger partial charge on any atom is -0.361 e. The lowest BCUT2D eigenvalue weighted by atomic mass is 10.4. The number of rotatable bonds is 4. The first-order valence-electron chi connectivity index (χ1n) is 5.90. The third kappa shape index (κ3) is 3.19. The summed E-state index contributed by atoms with van der Waals surface area (Å²) in [7, 11) is 0. The van der Waals surface area contributed by atoms with Gasteiger partial charge in [0, 0.05) is 15.9 Å². The van der Waals surface area contributed by atoms with Crippen LogP contribution in [-0.2, 0) is 6.54 Å². The Hall–Kier alpha value is -2.00. The van der Waals surface area contributed by atoms with Crippen LogP contribution in [-0.4, -0.2) is 21.2 Å². The molecule has 0 aliphatic heterocycles. The molecule has 0 saturated heterocycles. The summed E-state index contributed by atoms with van der Waals surface area (Å²) in [6.45, 7) is 1.93. The van der Waals surface area contributed by atoms with Gasteiger partial charge in [-0.1, -0.05) is 10.3 Å². The third-order valence-corrected chi connectivity index (χ3v) is 4.21. The molecule has 0 atom stereocenters. The van der Waals surface area contributed by atoms with E-state index < -0.39 is 0 Å². The molecule has 3 aromatic rings. The van der Waals surface area contributed by atoms with Crippen LogP contribution in [0.3, 0.4) is 0 Å². The van der Waals surface area contributed by atoms with Gasteiger partial charge in [-0.2, -0.15) is 4.98 Å². The van der Waals surface area contributed by atoms with E-state index in [1.54, 1.807) is 19.1 Å². The first-order chi connectivity index (χ1) is 10.1. The van der Waals surface area contributed by atoms with Gasteiger partial charge in [-0.25, -0.2) is 0 Å². The molecule has 108 valence electrons. The predicted octanol–water partition coefficient (Wildman–Crippen LogP) is 2.79. The maximum atomic E-state index is 11.9. The number of nitrogens with one attached hydrogen (secondary N) is 1. The van der Waals surface area contributed by atoms with Gasteiger partial charge < -0.3 is 14.4 Å². The molecule has 1 N–H and O–H groups in total. The quantitative estimate of drug-likeness (QED) is 0.760. The van der Waals surface area contributed by atoms with Gasteiger partial charge in [-0.3, -0.25) is 4.79 Å². The normalized spacial score (nSPS) is 10.8. The lowest BCUT2D eigenvalue weighted by molar-refractivity contribution is 0.0950. The lowest BCUT2D eigenvalue weighted by Crippen LogP contribution is -2.21. The molecule has 3 rings (SSSR count). The molecule has 0 aromatic carbocycles. The number of aryl methyl sites for hydroxylation is 1. The molecule has 3 aromatic heterocycles. The fourth-order valence-electron chi connectivity index (χ4n) is 1.58. The Morgan fingerprint density at radius 2 is 2.24 bits per heavy atom. The number of amides is 1. The van der Waals surface area contributed by atoms with Crippen molar-refractivity contribution in [1.29, 1.82) is 0 Å². The summed E-state index contributed by atoms with van der Waals surface area (Å²) >= 11 is 4.65. The maximum Gasteiger partial charge on any atom is 0.261 e. The summed E-state index contributed by atoms with van der Waals surface area (Å²) in [6, 6.07) is 3.45. The van der Waals surface area contributed by atoms with E-state index in [1.165, 1.54) is 11.3 Å². The zero-order chi connectivity index (χ0) is 14.8. The Labute approximate surface area is 131 Å². The van der Waals surface area contributed by atoms with Gasteiger partial charge >= 0.3 is 0 Å². The highest BCUT2D eigenvalue weighted by Crippen LogP contribution is 2.19. The topological polar surface area (TPSA) is 94.1 Å². The second-order valence-electron chi connectivity index (χ2n) is 4.15. The van der Waals surface area contributed by atoms with E-state index in [1.807, 2.05) is 5.38 Å². The molecule has 0 fully saturated rings. The van der Waals surface area contributed by atoms with Gasteiger partial charge in [-0.15, -0.1) is 11.3 Å². The highest BCUT2D eigenvalue weighted by atomic mass is 79.9. The average molecular weight is 369 g/mol. The van der Waals surface area contributed by atoms with E-state index in [-0.39, 0.29) is 12.5 Å². The fraction of sp³-hybridized carbons (Fsp3) is 0.167. The summed E-state index contributed by atoms with van der Waals surface area (Å²) in [5, 5.41) is 12.1. The van der Waals surface area contributed by atoms with Gasteiger partial charge in [0.2, 0.25) is 11.7 Å². The van der Waals surface area contributed by atoms with E-state index in [2.05, 4.69) is 36.5 Å².